The van der Waals surface area contributed by atoms with Gasteiger partial charge in [-0.2, -0.15) is 0 Å². The van der Waals surface area contributed by atoms with Gasteiger partial charge in [-0.15, -0.1) is 11.3 Å². The number of aryl methyl sites for hydroxylation is 3. The van der Waals surface area contributed by atoms with Gasteiger partial charge in [-0.25, -0.2) is 0 Å². The van der Waals surface area contributed by atoms with E-state index in [2.05, 4.69) is 10.9 Å². The molecule has 0 aliphatic rings. The first-order chi connectivity index (χ1) is 10.5. The molecule has 2 N–H and O–H groups in total. The minimum Gasteiger partial charge on any atom is -0.484 e. The lowest BCUT2D eigenvalue weighted by Gasteiger charge is -2.09. The first-order valence-electron chi connectivity index (χ1n) is 6.80. The van der Waals surface area contributed by atoms with Gasteiger partial charge in [0.2, 0.25) is 0 Å². The maximum absolute atomic E-state index is 11.8. The van der Waals surface area contributed by atoms with E-state index in [1.165, 1.54) is 11.3 Å². The van der Waals surface area contributed by atoms with Gasteiger partial charge >= 0.3 is 0 Å². The highest BCUT2D eigenvalue weighted by atomic mass is 32.1. The van der Waals surface area contributed by atoms with Gasteiger partial charge in [-0.05, 0) is 61.0 Å². The number of thiophene rings is 1. The van der Waals surface area contributed by atoms with E-state index in [1.807, 2.05) is 50.4 Å². The summed E-state index contributed by atoms with van der Waals surface area (Å²) in [4.78, 5) is 24.1. The van der Waals surface area contributed by atoms with Gasteiger partial charge in [0.05, 0.1) is 4.88 Å². The Morgan fingerprint density at radius 3 is 2.45 bits per heavy atom. The van der Waals surface area contributed by atoms with E-state index in [1.54, 1.807) is 0 Å². The van der Waals surface area contributed by atoms with E-state index < -0.39 is 5.91 Å². The van der Waals surface area contributed by atoms with Gasteiger partial charge in [-0.1, -0.05) is 6.07 Å². The topological polar surface area (TPSA) is 67.4 Å². The van der Waals surface area contributed by atoms with Gasteiger partial charge in [0.25, 0.3) is 11.8 Å². The first kappa shape index (κ1) is 16.0. The molecule has 116 valence electrons. The number of ether oxygens (including phenoxy) is 1. The van der Waals surface area contributed by atoms with Crippen LogP contribution >= 0.6 is 11.3 Å². The van der Waals surface area contributed by atoms with Crippen molar-refractivity contribution < 1.29 is 14.3 Å². The number of hydrogen-bond donors (Lipinski definition) is 2. The summed E-state index contributed by atoms with van der Waals surface area (Å²) in [6.07, 6.45) is 0. The Kier molecular flexibility index (Phi) is 5.16. The molecular formula is C16H18N2O3S. The van der Waals surface area contributed by atoms with E-state index >= 15 is 0 Å². The fourth-order valence-corrected chi connectivity index (χ4v) is 2.60. The maximum atomic E-state index is 11.8. The molecule has 1 aromatic heterocycles. The standard InChI is InChI=1S/C16H18N2O3S/c1-10-4-5-13(8-12(10)3)21-9-14(19)17-18-16(20)15-11(2)6-7-22-15/h4-8H,9H2,1-3H3,(H,17,19)(H,18,20). The molecule has 0 bridgehead atoms. The summed E-state index contributed by atoms with van der Waals surface area (Å²) in [7, 11) is 0. The Labute approximate surface area is 133 Å². The number of carbonyl (C=O) groups excluding carboxylic acids is 2. The van der Waals surface area contributed by atoms with Gasteiger partial charge in [-0.3, -0.25) is 20.4 Å². The number of carbonyl (C=O) groups is 2. The minimum absolute atomic E-state index is 0.161. The summed E-state index contributed by atoms with van der Waals surface area (Å²) in [5.74, 6) is -0.119. The summed E-state index contributed by atoms with van der Waals surface area (Å²) in [5, 5.41) is 1.83. The number of hydrazine groups is 1. The molecule has 0 fully saturated rings. The molecule has 0 aliphatic heterocycles. The highest BCUT2D eigenvalue weighted by Crippen LogP contribution is 2.16. The molecule has 0 atom stereocenters. The fraction of sp³-hybridized carbons (Fsp3) is 0.250. The largest absolute Gasteiger partial charge is 0.484 e. The zero-order valence-electron chi connectivity index (χ0n) is 12.7. The van der Waals surface area contributed by atoms with Crippen LogP contribution in [-0.2, 0) is 4.79 Å². The number of hydrogen-bond acceptors (Lipinski definition) is 4. The molecule has 22 heavy (non-hydrogen) atoms. The van der Waals surface area contributed by atoms with Crippen molar-refractivity contribution >= 4 is 23.2 Å². The number of nitrogens with one attached hydrogen (secondary N) is 2. The van der Waals surface area contributed by atoms with Crippen LogP contribution in [-0.4, -0.2) is 18.4 Å². The molecule has 0 saturated carbocycles. The third kappa shape index (κ3) is 4.08. The van der Waals surface area contributed by atoms with E-state index in [0.717, 1.165) is 16.7 Å². The maximum Gasteiger partial charge on any atom is 0.280 e. The zero-order chi connectivity index (χ0) is 16.1. The van der Waals surface area contributed by atoms with Gasteiger partial charge in [0.1, 0.15) is 5.75 Å². The Bertz CT molecular complexity index is 694. The molecule has 2 rings (SSSR count). The summed E-state index contributed by atoms with van der Waals surface area (Å²) in [6, 6.07) is 7.47. The first-order valence-corrected chi connectivity index (χ1v) is 7.68. The van der Waals surface area contributed by atoms with Crippen LogP contribution in [0, 0.1) is 20.8 Å². The van der Waals surface area contributed by atoms with E-state index in [4.69, 9.17) is 4.74 Å². The van der Waals surface area contributed by atoms with Crippen LogP contribution in [0.25, 0.3) is 0 Å². The highest BCUT2D eigenvalue weighted by molar-refractivity contribution is 7.12. The summed E-state index contributed by atoms with van der Waals surface area (Å²) in [5.41, 5.74) is 7.85. The molecule has 1 aromatic carbocycles. The predicted octanol–water partition coefficient (Wildman–Crippen LogP) is 2.51. The van der Waals surface area contributed by atoms with E-state index in [9.17, 15) is 9.59 Å². The lowest BCUT2D eigenvalue weighted by atomic mass is 10.1. The molecular weight excluding hydrogens is 300 g/mol. The molecule has 0 spiro atoms. The monoisotopic (exact) mass is 318 g/mol. The average Bonchev–Trinajstić information content (AvgIpc) is 2.92. The van der Waals surface area contributed by atoms with Crippen LogP contribution in [0.15, 0.2) is 29.6 Å². The second-order valence-corrected chi connectivity index (χ2v) is 5.89. The summed E-state index contributed by atoms with van der Waals surface area (Å²) < 4.78 is 5.39. The van der Waals surface area contributed by atoms with Crippen LogP contribution in [0.5, 0.6) is 5.75 Å². The Hall–Kier alpha value is -2.34. The van der Waals surface area contributed by atoms with Crippen molar-refractivity contribution in [2.24, 2.45) is 0 Å². The Morgan fingerprint density at radius 2 is 1.82 bits per heavy atom. The van der Waals surface area contributed by atoms with Gasteiger partial charge in [0, 0.05) is 0 Å². The van der Waals surface area contributed by atoms with Crippen LogP contribution < -0.4 is 15.6 Å². The van der Waals surface area contributed by atoms with Crippen molar-refractivity contribution in [1.82, 2.24) is 10.9 Å². The second kappa shape index (κ2) is 7.09. The molecule has 5 nitrogen and oxygen atoms in total. The molecule has 2 aromatic rings. The average molecular weight is 318 g/mol. The Morgan fingerprint density at radius 1 is 1.05 bits per heavy atom. The number of rotatable bonds is 4. The van der Waals surface area contributed by atoms with E-state index in [-0.39, 0.29) is 12.5 Å². The van der Waals surface area contributed by atoms with Crippen molar-refractivity contribution in [2.75, 3.05) is 6.61 Å². The molecule has 6 heteroatoms. The van der Waals surface area contributed by atoms with Crippen LogP contribution in [0.4, 0.5) is 0 Å². The van der Waals surface area contributed by atoms with E-state index in [0.29, 0.717) is 10.6 Å². The molecule has 1 heterocycles. The molecule has 0 aliphatic carbocycles. The van der Waals surface area contributed by atoms with Crippen molar-refractivity contribution in [3.8, 4) is 5.75 Å². The lowest BCUT2D eigenvalue weighted by Crippen LogP contribution is -2.43. The predicted molar refractivity (Wildman–Crippen MR) is 86.1 cm³/mol. The quantitative estimate of drug-likeness (QED) is 0.851. The molecule has 0 radical (unpaired) electrons. The van der Waals surface area contributed by atoms with Crippen molar-refractivity contribution in [3.63, 3.8) is 0 Å². The minimum atomic E-state index is -0.416. The van der Waals surface area contributed by atoms with Gasteiger partial charge < -0.3 is 4.74 Å². The second-order valence-electron chi connectivity index (χ2n) is 4.97. The van der Waals surface area contributed by atoms with Crippen LogP contribution in [0.3, 0.4) is 0 Å². The third-order valence-corrected chi connectivity index (χ3v) is 4.25. The number of benzene rings is 1. The van der Waals surface area contributed by atoms with Crippen LogP contribution in [0.2, 0.25) is 0 Å². The van der Waals surface area contributed by atoms with Crippen LogP contribution in [0.1, 0.15) is 26.4 Å². The third-order valence-electron chi connectivity index (χ3n) is 3.23. The highest BCUT2D eigenvalue weighted by Gasteiger charge is 2.11. The summed E-state index contributed by atoms with van der Waals surface area (Å²) >= 11 is 1.33. The van der Waals surface area contributed by atoms with Crippen molar-refractivity contribution in [3.05, 3.63) is 51.2 Å². The molecule has 0 saturated heterocycles. The SMILES string of the molecule is Cc1ccc(OCC(=O)NNC(=O)c2sccc2C)cc1C. The zero-order valence-corrected chi connectivity index (χ0v) is 13.5. The molecule has 0 unspecified atom stereocenters. The van der Waals surface area contributed by atoms with Crippen molar-refractivity contribution in [1.29, 1.82) is 0 Å². The fourth-order valence-electron chi connectivity index (χ4n) is 1.78. The molecule has 2 amide bonds. The smallest absolute Gasteiger partial charge is 0.280 e. The lowest BCUT2D eigenvalue weighted by molar-refractivity contribution is -0.123. The normalized spacial score (nSPS) is 10.1. The number of amides is 2. The summed E-state index contributed by atoms with van der Waals surface area (Å²) in [6.45, 7) is 5.67. The van der Waals surface area contributed by atoms with Gasteiger partial charge in [0.15, 0.2) is 6.61 Å². The Balaban J connectivity index is 1.79. The van der Waals surface area contributed by atoms with Crippen molar-refractivity contribution in [2.45, 2.75) is 20.8 Å².